The zero-order valence-corrected chi connectivity index (χ0v) is 9.34. The molecule has 1 aliphatic carbocycles. The Labute approximate surface area is 93.7 Å². The number of ether oxygens (including phenoxy) is 2. The summed E-state index contributed by atoms with van der Waals surface area (Å²) in [6, 6.07) is 0. The van der Waals surface area contributed by atoms with Gasteiger partial charge >= 0.3 is 5.97 Å². The molecule has 0 spiro atoms. The molecule has 16 heavy (non-hydrogen) atoms. The van der Waals surface area contributed by atoms with Crippen molar-refractivity contribution in [3.63, 3.8) is 0 Å². The average Bonchev–Trinajstić information content (AvgIpc) is 2.42. The molecule has 1 aliphatic heterocycles. The summed E-state index contributed by atoms with van der Waals surface area (Å²) < 4.78 is 10.1. The molecule has 5 heteroatoms. The number of fused-ring (bicyclic) bond motifs is 2. The zero-order valence-electron chi connectivity index (χ0n) is 9.34. The van der Waals surface area contributed by atoms with E-state index in [0.717, 1.165) is 0 Å². The highest BCUT2D eigenvalue weighted by Gasteiger charge is 2.56. The molecule has 2 rings (SSSR count). The van der Waals surface area contributed by atoms with Crippen LogP contribution in [0.3, 0.4) is 0 Å². The highest BCUT2D eigenvalue weighted by molar-refractivity contribution is 5.89. The molecule has 1 heterocycles. The Hall–Kier alpha value is -1.07. The fourth-order valence-corrected chi connectivity index (χ4v) is 2.79. The van der Waals surface area contributed by atoms with E-state index < -0.39 is 23.6 Å². The van der Waals surface area contributed by atoms with E-state index in [1.807, 2.05) is 6.92 Å². The Morgan fingerprint density at radius 3 is 3.00 bits per heavy atom. The van der Waals surface area contributed by atoms with Crippen LogP contribution in [0.4, 0.5) is 0 Å². The summed E-state index contributed by atoms with van der Waals surface area (Å²) in [4.78, 5) is 11.5. The van der Waals surface area contributed by atoms with E-state index in [9.17, 15) is 15.0 Å². The Morgan fingerprint density at radius 1 is 1.75 bits per heavy atom. The normalized spacial score (nSPS) is 41.2. The van der Waals surface area contributed by atoms with Crippen LogP contribution in [0.2, 0.25) is 0 Å². The van der Waals surface area contributed by atoms with Gasteiger partial charge in [0, 0.05) is 18.3 Å². The van der Waals surface area contributed by atoms with Gasteiger partial charge < -0.3 is 19.7 Å². The highest BCUT2D eigenvalue weighted by Crippen LogP contribution is 2.49. The summed E-state index contributed by atoms with van der Waals surface area (Å²) >= 11 is 0. The van der Waals surface area contributed by atoms with E-state index in [1.54, 1.807) is 0 Å². The van der Waals surface area contributed by atoms with E-state index in [4.69, 9.17) is 4.74 Å². The predicted octanol–water partition coefficient (Wildman–Crippen LogP) is -0.178. The van der Waals surface area contributed by atoms with Crippen molar-refractivity contribution in [3.8, 4) is 0 Å². The summed E-state index contributed by atoms with van der Waals surface area (Å²) in [5.41, 5.74) is -0.278. The van der Waals surface area contributed by atoms with Crippen molar-refractivity contribution in [2.75, 3.05) is 13.7 Å². The van der Waals surface area contributed by atoms with Crippen molar-refractivity contribution in [1.29, 1.82) is 0 Å². The standard InChI is InChI=1S/C11H16O5/c1-11-3-8(13)9(7(11)4-12)6(5-16-11)10(14)15-2/h5,7-9,12-13H,3-4H2,1-2H3/t7-,8+,9+,11-/m0/s1. The third-order valence-corrected chi connectivity index (χ3v) is 3.68. The monoisotopic (exact) mass is 228 g/mol. The molecule has 0 saturated heterocycles. The lowest BCUT2D eigenvalue weighted by atomic mass is 9.81. The van der Waals surface area contributed by atoms with Crippen LogP contribution in [0.1, 0.15) is 13.3 Å². The molecule has 0 unspecified atom stereocenters. The van der Waals surface area contributed by atoms with E-state index in [-0.39, 0.29) is 12.5 Å². The van der Waals surface area contributed by atoms with Gasteiger partial charge in [0.15, 0.2) is 0 Å². The molecule has 0 aromatic rings. The largest absolute Gasteiger partial charge is 0.494 e. The SMILES string of the molecule is COC(=O)C1=CO[C@@]2(C)C[C@@H](O)[C@H]1[C@@H]2CO. The summed E-state index contributed by atoms with van der Waals surface area (Å²) in [6.07, 6.45) is 1.11. The van der Waals surface area contributed by atoms with Gasteiger partial charge in [-0.15, -0.1) is 0 Å². The van der Waals surface area contributed by atoms with Crippen molar-refractivity contribution in [3.05, 3.63) is 11.8 Å². The van der Waals surface area contributed by atoms with Crippen molar-refractivity contribution < 1.29 is 24.5 Å². The summed E-state index contributed by atoms with van der Waals surface area (Å²) in [5, 5.41) is 19.3. The lowest BCUT2D eigenvalue weighted by Gasteiger charge is -2.36. The second kappa shape index (κ2) is 3.75. The van der Waals surface area contributed by atoms with Gasteiger partial charge in [-0.25, -0.2) is 4.79 Å². The van der Waals surface area contributed by atoms with Gasteiger partial charge in [0.05, 0.1) is 31.7 Å². The van der Waals surface area contributed by atoms with Crippen LogP contribution in [0, 0.1) is 11.8 Å². The second-order valence-corrected chi connectivity index (χ2v) is 4.58. The van der Waals surface area contributed by atoms with Gasteiger partial charge in [0.25, 0.3) is 0 Å². The Balaban J connectivity index is 2.36. The van der Waals surface area contributed by atoms with Crippen LogP contribution in [0.15, 0.2) is 11.8 Å². The van der Waals surface area contributed by atoms with Crippen molar-refractivity contribution >= 4 is 5.97 Å². The number of methoxy groups -OCH3 is 1. The average molecular weight is 228 g/mol. The fraction of sp³-hybridized carbons (Fsp3) is 0.727. The minimum atomic E-state index is -0.671. The first kappa shape index (κ1) is 11.4. The van der Waals surface area contributed by atoms with Crippen molar-refractivity contribution in [1.82, 2.24) is 0 Å². The summed E-state index contributed by atoms with van der Waals surface area (Å²) in [7, 11) is 1.28. The number of rotatable bonds is 2. The Bertz CT molecular complexity index is 337. The first-order chi connectivity index (χ1) is 7.53. The number of aliphatic hydroxyl groups is 2. The summed E-state index contributed by atoms with van der Waals surface area (Å²) in [5.74, 6) is -1.16. The molecule has 2 aliphatic rings. The molecular weight excluding hydrogens is 212 g/mol. The van der Waals surface area contributed by atoms with E-state index >= 15 is 0 Å². The Morgan fingerprint density at radius 2 is 2.44 bits per heavy atom. The fourth-order valence-electron chi connectivity index (χ4n) is 2.79. The lowest BCUT2D eigenvalue weighted by molar-refractivity contribution is -0.138. The van der Waals surface area contributed by atoms with Crippen LogP contribution < -0.4 is 0 Å². The molecule has 90 valence electrons. The highest BCUT2D eigenvalue weighted by atomic mass is 16.5. The minimum Gasteiger partial charge on any atom is -0.494 e. The van der Waals surface area contributed by atoms with Gasteiger partial charge in [-0.3, -0.25) is 0 Å². The van der Waals surface area contributed by atoms with Gasteiger partial charge in [0.2, 0.25) is 0 Å². The smallest absolute Gasteiger partial charge is 0.337 e. The first-order valence-electron chi connectivity index (χ1n) is 5.28. The van der Waals surface area contributed by atoms with Crippen molar-refractivity contribution in [2.45, 2.75) is 25.0 Å². The molecule has 1 saturated carbocycles. The van der Waals surface area contributed by atoms with Crippen LogP contribution in [0.5, 0.6) is 0 Å². The van der Waals surface area contributed by atoms with Crippen LogP contribution >= 0.6 is 0 Å². The molecule has 5 nitrogen and oxygen atoms in total. The van der Waals surface area contributed by atoms with Crippen LogP contribution in [0.25, 0.3) is 0 Å². The molecular formula is C11H16O5. The Kier molecular flexibility index (Phi) is 2.67. The molecule has 0 aromatic carbocycles. The molecule has 4 atom stereocenters. The van der Waals surface area contributed by atoms with Crippen LogP contribution in [-0.4, -0.2) is 41.6 Å². The summed E-state index contributed by atoms with van der Waals surface area (Å²) in [6.45, 7) is 1.72. The number of esters is 1. The molecule has 0 amide bonds. The van der Waals surface area contributed by atoms with Crippen molar-refractivity contribution in [2.24, 2.45) is 11.8 Å². The predicted molar refractivity (Wildman–Crippen MR) is 54.3 cm³/mol. The van der Waals surface area contributed by atoms with Gasteiger partial charge in [-0.05, 0) is 6.92 Å². The zero-order chi connectivity index (χ0) is 11.9. The van der Waals surface area contributed by atoms with E-state index in [0.29, 0.717) is 12.0 Å². The topological polar surface area (TPSA) is 76.0 Å². The van der Waals surface area contributed by atoms with Gasteiger partial charge in [0.1, 0.15) is 5.60 Å². The minimum absolute atomic E-state index is 0.118. The number of hydrogen-bond acceptors (Lipinski definition) is 5. The maximum atomic E-state index is 11.5. The third kappa shape index (κ3) is 1.43. The first-order valence-corrected chi connectivity index (χ1v) is 5.28. The number of carbonyl (C=O) groups is 1. The number of hydrogen-bond donors (Lipinski definition) is 2. The maximum Gasteiger partial charge on any atom is 0.337 e. The third-order valence-electron chi connectivity index (χ3n) is 3.68. The molecule has 2 bridgehead atoms. The molecule has 1 fully saturated rings. The molecule has 0 aromatic heterocycles. The maximum absolute atomic E-state index is 11.5. The van der Waals surface area contributed by atoms with Gasteiger partial charge in [-0.2, -0.15) is 0 Å². The lowest BCUT2D eigenvalue weighted by Crippen LogP contribution is -2.41. The van der Waals surface area contributed by atoms with E-state index in [1.165, 1.54) is 13.4 Å². The molecule has 0 radical (unpaired) electrons. The molecule has 2 N–H and O–H groups in total. The van der Waals surface area contributed by atoms with E-state index in [2.05, 4.69) is 4.74 Å². The number of aliphatic hydroxyl groups excluding tert-OH is 2. The quantitative estimate of drug-likeness (QED) is 0.641. The van der Waals surface area contributed by atoms with Crippen LogP contribution in [-0.2, 0) is 14.3 Å². The second-order valence-electron chi connectivity index (χ2n) is 4.58. The number of carbonyl (C=O) groups excluding carboxylic acids is 1. The van der Waals surface area contributed by atoms with Gasteiger partial charge in [-0.1, -0.05) is 0 Å².